The molecule has 0 radical (unpaired) electrons. The van der Waals surface area contributed by atoms with Gasteiger partial charge in [0.2, 0.25) is 5.95 Å². The molecule has 1 aromatic heterocycles. The van der Waals surface area contributed by atoms with Gasteiger partial charge in [-0.3, -0.25) is 0 Å². The van der Waals surface area contributed by atoms with E-state index in [9.17, 15) is 9.59 Å². The van der Waals surface area contributed by atoms with Gasteiger partial charge in [-0.05, 0) is 65.7 Å². The number of nitrogens with zero attached hydrogens (tertiary/aromatic N) is 3. The molecular weight excluding hydrogens is 494 g/mol. The molecule has 3 rings (SSSR count). The zero-order valence-electron chi connectivity index (χ0n) is 22.2. The number of imide groups is 1. The normalized spacial score (nSPS) is 11.6. The van der Waals surface area contributed by atoms with Gasteiger partial charge < -0.3 is 14.2 Å². The predicted octanol–water partition coefficient (Wildman–Crippen LogP) is 7.36. The molecule has 0 fully saturated rings. The van der Waals surface area contributed by atoms with Crippen LogP contribution in [0.5, 0.6) is 5.75 Å². The molecule has 2 aromatic carbocycles. The number of halogens is 1. The summed E-state index contributed by atoms with van der Waals surface area (Å²) in [6, 6.07) is 16.9. The van der Waals surface area contributed by atoms with E-state index in [1.54, 1.807) is 47.6 Å². The minimum Gasteiger partial charge on any atom is -0.488 e. The van der Waals surface area contributed by atoms with Crippen LogP contribution in [0.15, 0.2) is 54.6 Å². The monoisotopic (exact) mass is 525 g/mol. The number of anilines is 1. The number of aromatic nitrogens is 2. The minimum atomic E-state index is -0.986. The van der Waals surface area contributed by atoms with Crippen LogP contribution in [-0.2, 0) is 16.1 Å². The van der Waals surface area contributed by atoms with Gasteiger partial charge in [0.1, 0.15) is 28.7 Å². The van der Waals surface area contributed by atoms with Crippen LogP contribution in [-0.4, -0.2) is 33.4 Å². The molecule has 0 bridgehead atoms. The zero-order chi connectivity index (χ0) is 27.4. The van der Waals surface area contributed by atoms with Gasteiger partial charge in [0.25, 0.3) is 0 Å². The Bertz CT molecular complexity index is 1240. The van der Waals surface area contributed by atoms with E-state index in [1.165, 1.54) is 0 Å². The molecule has 0 saturated carbocycles. The second-order valence-electron chi connectivity index (χ2n) is 10.4. The quantitative estimate of drug-likeness (QED) is 0.321. The number of carbonyl (C=O) groups is 2. The van der Waals surface area contributed by atoms with E-state index in [0.29, 0.717) is 28.5 Å². The lowest BCUT2D eigenvalue weighted by atomic mass is 10.0. The lowest BCUT2D eigenvalue weighted by molar-refractivity contribution is 0.0427. The first kappa shape index (κ1) is 27.9. The van der Waals surface area contributed by atoms with E-state index in [-0.39, 0.29) is 11.1 Å². The average Bonchev–Trinajstić information content (AvgIpc) is 2.75. The summed E-state index contributed by atoms with van der Waals surface area (Å²) in [5, 5.41) is 0.0226. The molecule has 0 N–H and O–H groups in total. The highest BCUT2D eigenvalue weighted by Crippen LogP contribution is 2.35. The molecule has 2 amide bonds. The molecule has 3 aromatic rings. The van der Waals surface area contributed by atoms with Gasteiger partial charge in [0, 0.05) is 11.6 Å². The summed E-state index contributed by atoms with van der Waals surface area (Å²) < 4.78 is 17.0. The molecule has 0 atom stereocenters. The highest BCUT2D eigenvalue weighted by Gasteiger charge is 2.35. The summed E-state index contributed by atoms with van der Waals surface area (Å²) >= 11 is 6.37. The molecule has 0 aliphatic rings. The van der Waals surface area contributed by atoms with Crippen molar-refractivity contribution >= 4 is 29.7 Å². The first-order chi connectivity index (χ1) is 17.2. The third-order valence-electron chi connectivity index (χ3n) is 4.76. The van der Waals surface area contributed by atoms with E-state index in [4.69, 9.17) is 25.8 Å². The molecule has 0 aliphatic carbocycles. The number of amides is 2. The first-order valence-corrected chi connectivity index (χ1v) is 12.2. The van der Waals surface area contributed by atoms with Gasteiger partial charge in [0.15, 0.2) is 0 Å². The molecule has 0 aliphatic heterocycles. The summed E-state index contributed by atoms with van der Waals surface area (Å²) in [4.78, 5) is 35.5. The van der Waals surface area contributed by atoms with Crippen molar-refractivity contribution in [1.82, 2.24) is 9.97 Å². The Morgan fingerprint density at radius 1 is 0.865 bits per heavy atom. The average molecular weight is 526 g/mol. The number of aryl methyl sites for hydroxylation is 1. The van der Waals surface area contributed by atoms with Crippen LogP contribution in [0, 0.1) is 6.92 Å². The van der Waals surface area contributed by atoms with Crippen molar-refractivity contribution in [1.29, 1.82) is 0 Å². The second-order valence-corrected chi connectivity index (χ2v) is 10.8. The molecular formula is C28H32ClN3O5. The minimum absolute atomic E-state index is 0.0226. The Hall–Kier alpha value is -3.65. The largest absolute Gasteiger partial charge is 0.488 e. The van der Waals surface area contributed by atoms with Crippen molar-refractivity contribution in [3.63, 3.8) is 0 Å². The van der Waals surface area contributed by atoms with Crippen molar-refractivity contribution in [2.45, 2.75) is 66.3 Å². The number of hydrogen-bond donors (Lipinski definition) is 0. The Balaban J connectivity index is 2.07. The Morgan fingerprint density at radius 3 is 2.03 bits per heavy atom. The van der Waals surface area contributed by atoms with E-state index < -0.39 is 23.4 Å². The molecule has 0 unspecified atom stereocenters. The summed E-state index contributed by atoms with van der Waals surface area (Å²) in [7, 11) is 0. The zero-order valence-corrected chi connectivity index (χ0v) is 22.9. The van der Waals surface area contributed by atoms with Crippen LogP contribution < -0.4 is 9.64 Å². The number of ether oxygens (including phenoxy) is 3. The van der Waals surface area contributed by atoms with Crippen LogP contribution in [0.2, 0.25) is 5.15 Å². The van der Waals surface area contributed by atoms with E-state index >= 15 is 0 Å². The van der Waals surface area contributed by atoms with Crippen LogP contribution in [0.25, 0.3) is 11.3 Å². The van der Waals surface area contributed by atoms with Crippen molar-refractivity contribution in [2.24, 2.45) is 0 Å². The summed E-state index contributed by atoms with van der Waals surface area (Å²) in [6.07, 6.45) is -1.97. The van der Waals surface area contributed by atoms with E-state index in [1.807, 2.05) is 55.5 Å². The van der Waals surface area contributed by atoms with Crippen molar-refractivity contribution in [3.05, 3.63) is 70.9 Å². The van der Waals surface area contributed by atoms with Crippen LogP contribution >= 0.6 is 11.6 Å². The Labute approximate surface area is 222 Å². The molecule has 9 heteroatoms. The van der Waals surface area contributed by atoms with Gasteiger partial charge in [-0.15, -0.1) is 4.90 Å². The van der Waals surface area contributed by atoms with Gasteiger partial charge in [-0.25, -0.2) is 14.6 Å². The predicted molar refractivity (Wildman–Crippen MR) is 143 cm³/mol. The smallest absolute Gasteiger partial charge is 0.427 e. The summed E-state index contributed by atoms with van der Waals surface area (Å²) in [5.41, 5.74) is 1.11. The van der Waals surface area contributed by atoms with Crippen molar-refractivity contribution in [3.8, 4) is 17.0 Å². The Morgan fingerprint density at radius 2 is 1.46 bits per heavy atom. The highest BCUT2D eigenvalue weighted by atomic mass is 35.5. The fourth-order valence-electron chi connectivity index (χ4n) is 3.31. The molecule has 8 nitrogen and oxygen atoms in total. The van der Waals surface area contributed by atoms with E-state index in [0.717, 1.165) is 11.1 Å². The lowest BCUT2D eigenvalue weighted by Crippen LogP contribution is -2.44. The molecule has 0 saturated heterocycles. The standard InChI is InChI=1S/C28H32ClN3O5/c1-18-12-11-15-21(35-17-19-13-9-8-10-14-19)23(18)20-16-22(29)31-24(30-20)32(25(33)36-27(2,3)4)26(34)37-28(5,6)7/h8-16H,17H2,1-7H3. The number of carbonyl (C=O) groups excluding carboxylic acids is 2. The molecule has 0 spiro atoms. The molecule has 37 heavy (non-hydrogen) atoms. The SMILES string of the molecule is Cc1cccc(OCc2ccccc2)c1-c1cc(Cl)nc(N(C(=O)OC(C)(C)C)C(=O)OC(C)(C)C)n1. The van der Waals surface area contributed by atoms with Crippen molar-refractivity contribution in [2.75, 3.05) is 4.90 Å². The van der Waals surface area contributed by atoms with E-state index in [2.05, 4.69) is 9.97 Å². The fourth-order valence-corrected chi connectivity index (χ4v) is 3.49. The van der Waals surface area contributed by atoms with Crippen molar-refractivity contribution < 1.29 is 23.8 Å². The molecule has 196 valence electrons. The number of benzene rings is 2. The van der Waals surface area contributed by atoms with Gasteiger partial charge in [-0.1, -0.05) is 54.1 Å². The van der Waals surface area contributed by atoms with Gasteiger partial charge in [-0.2, -0.15) is 4.98 Å². The summed E-state index contributed by atoms with van der Waals surface area (Å²) in [5.74, 6) is 0.286. The maximum atomic E-state index is 13.1. The topological polar surface area (TPSA) is 90.8 Å². The van der Waals surface area contributed by atoms with Gasteiger partial charge >= 0.3 is 12.2 Å². The van der Waals surface area contributed by atoms with Crippen LogP contribution in [0.4, 0.5) is 15.5 Å². The lowest BCUT2D eigenvalue weighted by Gasteiger charge is -2.27. The highest BCUT2D eigenvalue weighted by molar-refractivity contribution is 6.29. The third kappa shape index (κ3) is 7.92. The van der Waals surface area contributed by atoms with Gasteiger partial charge in [0.05, 0.1) is 5.69 Å². The third-order valence-corrected chi connectivity index (χ3v) is 4.96. The van der Waals surface area contributed by atoms with Crippen LogP contribution in [0.1, 0.15) is 52.7 Å². The fraction of sp³-hybridized carbons (Fsp3) is 0.357. The summed E-state index contributed by atoms with van der Waals surface area (Å²) in [6.45, 7) is 12.4. The Kier molecular flexibility index (Phi) is 8.43. The molecule has 1 heterocycles. The first-order valence-electron chi connectivity index (χ1n) is 11.8. The second kappa shape index (κ2) is 11.2. The maximum Gasteiger partial charge on any atom is 0.427 e. The maximum absolute atomic E-state index is 13.1. The number of rotatable bonds is 5. The number of hydrogen-bond acceptors (Lipinski definition) is 7. The van der Waals surface area contributed by atoms with Crippen LogP contribution in [0.3, 0.4) is 0 Å².